The summed E-state index contributed by atoms with van der Waals surface area (Å²) in [5.41, 5.74) is 32.4. The van der Waals surface area contributed by atoms with Crippen LogP contribution in [0.25, 0.3) is 56.4 Å². The molecule has 1 aromatic heterocycles. The Morgan fingerprint density at radius 2 is 0.472 bits per heavy atom. The van der Waals surface area contributed by atoms with E-state index in [0.717, 1.165) is 75.6 Å². The number of nitrogens with zero attached hydrogens (tertiary/aromatic N) is 3. The molecule has 0 radical (unpaired) electrons. The van der Waals surface area contributed by atoms with Gasteiger partial charge in [0.05, 0.1) is 33.2 Å². The summed E-state index contributed by atoms with van der Waals surface area (Å²) in [7, 11) is -0.698. The van der Waals surface area contributed by atoms with Crippen molar-refractivity contribution in [2.75, 3.05) is 0 Å². The van der Waals surface area contributed by atoms with Gasteiger partial charge < -0.3 is 18.6 Å². The lowest BCUT2D eigenvalue weighted by molar-refractivity contribution is 0.00578. The largest absolute Gasteiger partial charge is 0.495 e. The van der Waals surface area contributed by atoms with Gasteiger partial charge in [-0.15, -0.1) is 0 Å². The Morgan fingerprint density at radius 1 is 0.236 bits per heavy atom. The molecule has 144 heavy (non-hydrogen) atoms. The fourth-order valence-electron chi connectivity index (χ4n) is 21.9. The molecule has 0 atom stereocenters. The first-order chi connectivity index (χ1) is 69.6. The van der Waals surface area contributed by atoms with Crippen molar-refractivity contribution in [1.82, 2.24) is 15.0 Å². The van der Waals surface area contributed by atoms with Crippen LogP contribution < -0.4 is 10.9 Å². The molecule has 0 unspecified atom stereocenters. The van der Waals surface area contributed by atoms with Gasteiger partial charge in [-0.1, -0.05) is 435 Å². The van der Waals surface area contributed by atoms with Gasteiger partial charge in [-0.2, -0.15) is 0 Å². The average Bonchev–Trinajstić information content (AvgIpc) is 1.55. The van der Waals surface area contributed by atoms with Gasteiger partial charge in [0.15, 0.2) is 17.5 Å². The molecule has 2 fully saturated rings. The zero-order valence-electron chi connectivity index (χ0n) is 87.7. The SMILES string of the molecule is Brc1ccc2c(c1)C(c1ccc3c(c1)CC3)(c1ccc3c(c1)CC3)c1cc(Br)ccc1-2.CCCCCCCCCCCCc1ccc(-c2nc(-c3ccc(Br)cc3)nc(-c3ccc(Br)cc3)n2)cc1.CCCCCCc1cc(B2OC(C)(C)C(C)(C)O2)c(CCCCCC)cc1B1OC(C)(C)C(C)(C)O1.CCCCCCc1ccc(C2(c3ccc(CCCCCC)cc3)c3cc(Br)ccc3-c3ccc(Br)cc32)cc1. The second-order valence-electron chi connectivity index (χ2n) is 43.2. The van der Waals surface area contributed by atoms with Gasteiger partial charge in [0.1, 0.15) is 0 Å². The highest BCUT2D eigenvalue weighted by atomic mass is 79.9. The Labute approximate surface area is 914 Å². The molecule has 0 bridgehead atoms. The molecule has 0 amide bonds. The van der Waals surface area contributed by atoms with Crippen molar-refractivity contribution in [2.24, 2.45) is 0 Å². The maximum absolute atomic E-state index is 6.56. The number of aryl methyl sites for hydroxylation is 9. The molecule has 12 aromatic carbocycles. The van der Waals surface area contributed by atoms with Crippen LogP contribution in [-0.4, -0.2) is 51.6 Å². The summed E-state index contributed by atoms with van der Waals surface area (Å²) < 4.78 is 32.8. The quantitative estimate of drug-likeness (QED) is 0.0280. The summed E-state index contributed by atoms with van der Waals surface area (Å²) >= 11 is 22.2. The molecule has 19 rings (SSSR count). The number of fused-ring (bicyclic) bond motifs is 8. The summed E-state index contributed by atoms with van der Waals surface area (Å²) in [5.74, 6) is 2.05. The van der Waals surface area contributed by atoms with Gasteiger partial charge in [0, 0.05) is 43.5 Å². The third kappa shape index (κ3) is 25.2. The maximum atomic E-state index is 6.56. The summed E-state index contributed by atoms with van der Waals surface area (Å²) in [6.07, 6.45) is 44.2. The molecular formula is C129H149B2Br6N3O4. The van der Waals surface area contributed by atoms with E-state index in [1.807, 2.05) is 48.5 Å². The minimum absolute atomic E-state index is 0.298. The van der Waals surface area contributed by atoms with Crippen molar-refractivity contribution in [3.05, 3.63) is 364 Å². The van der Waals surface area contributed by atoms with Crippen molar-refractivity contribution in [3.8, 4) is 56.4 Å². The minimum atomic E-state index is -0.361. The molecule has 13 aromatic rings. The molecule has 7 nitrogen and oxygen atoms in total. The molecule has 3 heterocycles. The van der Waals surface area contributed by atoms with Crippen LogP contribution in [0.2, 0.25) is 0 Å². The molecule has 752 valence electrons. The summed E-state index contributed by atoms with van der Waals surface area (Å²) in [5, 5.41) is 0. The van der Waals surface area contributed by atoms with E-state index in [2.05, 4.69) is 380 Å². The number of hydrogen-bond donors (Lipinski definition) is 0. The molecule has 2 saturated heterocycles. The van der Waals surface area contributed by atoms with Gasteiger partial charge in [-0.25, -0.2) is 15.0 Å². The third-order valence-electron chi connectivity index (χ3n) is 32.0. The van der Waals surface area contributed by atoms with Gasteiger partial charge >= 0.3 is 14.2 Å². The second-order valence-corrected chi connectivity index (χ2v) is 48.7. The second kappa shape index (κ2) is 50.0. The highest BCUT2D eigenvalue weighted by molar-refractivity contribution is 9.11. The lowest BCUT2D eigenvalue weighted by atomic mass is 9.65. The maximum Gasteiger partial charge on any atom is 0.495 e. The van der Waals surface area contributed by atoms with Crippen LogP contribution in [0, 0.1) is 0 Å². The number of hydrogen-bond acceptors (Lipinski definition) is 7. The lowest BCUT2D eigenvalue weighted by Crippen LogP contribution is -2.43. The number of unbranched alkanes of at least 4 members (excludes halogenated alkanes) is 21. The first kappa shape index (κ1) is 109. The van der Waals surface area contributed by atoms with Crippen LogP contribution in [0.4, 0.5) is 0 Å². The molecule has 6 aliphatic rings. The van der Waals surface area contributed by atoms with Crippen molar-refractivity contribution < 1.29 is 18.6 Å². The number of benzene rings is 12. The van der Waals surface area contributed by atoms with Crippen LogP contribution in [-0.2, 0) is 87.2 Å². The van der Waals surface area contributed by atoms with Crippen LogP contribution in [0.1, 0.15) is 352 Å². The molecular weight excluding hydrogens is 2160 g/mol. The van der Waals surface area contributed by atoms with Crippen LogP contribution in [0.3, 0.4) is 0 Å². The predicted molar refractivity (Wildman–Crippen MR) is 629 cm³/mol. The van der Waals surface area contributed by atoms with E-state index in [1.54, 1.807) is 0 Å². The number of aromatic nitrogens is 3. The smallest absolute Gasteiger partial charge is 0.399 e. The summed E-state index contributed by atoms with van der Waals surface area (Å²) in [6.45, 7) is 28.5. The Balaban J connectivity index is 0.000000138. The normalized spacial score (nSPS) is 15.6. The standard InChI is InChI=1S/C37H40Br2.C33H37Br2N3.C30H52B2O4.C29H20Br2/c1-3-5-7-9-11-27-13-17-29(18-14-27)37(30-19-15-28(16-20-30)12-10-8-6-4-2)35-25-31(38)21-23-33(35)34-24-22-32(39)26-36(34)37;1-2-3-4-5-6-7-8-9-10-11-12-25-13-15-26(16-14-25)31-36-32(27-17-21-29(34)22-18-27)38-33(37-31)28-19-23-30(35)24-20-28;1-11-13-15-17-19-23-21-26(32-35-29(7,8)30(9,10)36-32)24(20-18-16-14-12-2)22-25(23)31-33-27(3,4)28(5,6)34-31;30-23-9-11-25-26-12-10-24(31)16-28(26)29(27(25)15-23,21-7-5-17-1-3-19(17)13-21)22-8-6-18-2-4-20(18)14-22/h13-26H,3-12H2,1-2H3;13-24H,2-12H2,1H3;21-22H,11-20H2,1-10H3;5-16H,1-4H2. The monoisotopic (exact) mass is 2300 g/mol. The Hall–Kier alpha value is -7.50. The van der Waals surface area contributed by atoms with Crippen molar-refractivity contribution in [1.29, 1.82) is 0 Å². The molecule has 15 heteroatoms. The average molecular weight is 2310 g/mol. The van der Waals surface area contributed by atoms with Crippen molar-refractivity contribution in [3.63, 3.8) is 0 Å². The molecule has 4 aliphatic carbocycles. The third-order valence-corrected chi connectivity index (χ3v) is 35.1. The molecule has 0 saturated carbocycles. The number of rotatable bonds is 40. The lowest BCUT2D eigenvalue weighted by Gasteiger charge is -2.36. The minimum Gasteiger partial charge on any atom is -0.399 e. The summed E-state index contributed by atoms with van der Waals surface area (Å²) in [4.78, 5) is 14.5. The van der Waals surface area contributed by atoms with Crippen molar-refractivity contribution in [2.45, 2.75) is 348 Å². The molecule has 2 aliphatic heterocycles. The van der Waals surface area contributed by atoms with Gasteiger partial charge in [0.25, 0.3) is 0 Å². The van der Waals surface area contributed by atoms with E-state index >= 15 is 0 Å². The first-order valence-electron chi connectivity index (χ1n) is 54.5. The highest BCUT2D eigenvalue weighted by Gasteiger charge is 2.56. The molecule has 0 N–H and O–H groups in total. The molecule has 0 spiro atoms. The van der Waals surface area contributed by atoms with Gasteiger partial charge in [0.2, 0.25) is 0 Å². The van der Waals surface area contributed by atoms with E-state index in [4.69, 9.17) is 33.6 Å². The van der Waals surface area contributed by atoms with Crippen LogP contribution in [0.5, 0.6) is 0 Å². The van der Waals surface area contributed by atoms with Gasteiger partial charge in [-0.3, -0.25) is 0 Å². The Kier molecular flexibility index (Phi) is 37.9. The fraction of sp³-hybridized carbons (Fsp3) is 0.419. The first-order valence-corrected chi connectivity index (χ1v) is 59.2. The Bertz CT molecular complexity index is 6110. The van der Waals surface area contributed by atoms with E-state index in [9.17, 15) is 0 Å². The fourth-order valence-corrected chi connectivity index (χ4v) is 23.9. The zero-order chi connectivity index (χ0) is 101. The van der Waals surface area contributed by atoms with E-state index < -0.39 is 0 Å². The van der Waals surface area contributed by atoms with Crippen LogP contribution in [0.15, 0.2) is 269 Å². The van der Waals surface area contributed by atoms with E-state index in [1.165, 1.54) is 320 Å². The van der Waals surface area contributed by atoms with Crippen molar-refractivity contribution >= 4 is 121 Å². The highest BCUT2D eigenvalue weighted by Crippen LogP contribution is 2.60. The summed E-state index contributed by atoms with van der Waals surface area (Å²) in [6, 6.07) is 90.5. The Morgan fingerprint density at radius 3 is 0.750 bits per heavy atom. The zero-order valence-corrected chi connectivity index (χ0v) is 97.3. The van der Waals surface area contributed by atoms with E-state index in [0.29, 0.717) is 17.5 Å². The van der Waals surface area contributed by atoms with Gasteiger partial charge in [-0.05, 0) is 346 Å². The van der Waals surface area contributed by atoms with E-state index in [-0.39, 0.29) is 47.5 Å². The number of halogens is 6. The predicted octanol–water partition coefficient (Wildman–Crippen LogP) is 37.0. The van der Waals surface area contributed by atoms with Crippen LogP contribution >= 0.6 is 95.6 Å². The topological polar surface area (TPSA) is 75.6 Å².